The largest absolute Gasteiger partial charge is 0.312 e. The Morgan fingerprint density at radius 3 is 2.41 bits per heavy atom. The maximum Gasteiger partial charge on any atom is 0.184 e. The highest BCUT2D eigenvalue weighted by Crippen LogP contribution is 2.46. The molecule has 2 rings (SSSR count). The van der Waals surface area contributed by atoms with Gasteiger partial charge in [-0.25, -0.2) is 8.42 Å². The highest BCUT2D eigenvalue weighted by atomic mass is 35.5. The van der Waals surface area contributed by atoms with E-state index in [1.807, 2.05) is 6.92 Å². The first-order chi connectivity index (χ1) is 7.95. The summed E-state index contributed by atoms with van der Waals surface area (Å²) in [6, 6.07) is 2.89. The van der Waals surface area contributed by atoms with Gasteiger partial charge in [-0.15, -0.1) is 0 Å². The lowest BCUT2D eigenvalue weighted by Crippen LogP contribution is -2.28. The van der Waals surface area contributed by atoms with E-state index in [0.29, 0.717) is 17.0 Å². The summed E-state index contributed by atoms with van der Waals surface area (Å²) in [6.07, 6.45) is 0.523. The highest BCUT2D eigenvalue weighted by Gasteiger charge is 2.45. The predicted octanol–water partition coefficient (Wildman–Crippen LogP) is 2.82. The Hall–Kier alpha value is -0.290. The number of hydrogen-bond donors (Lipinski definition) is 1. The van der Waals surface area contributed by atoms with Gasteiger partial charge < -0.3 is 5.32 Å². The number of benzene rings is 1. The number of rotatable bonds is 2. The van der Waals surface area contributed by atoms with Crippen molar-refractivity contribution in [2.24, 2.45) is 0 Å². The van der Waals surface area contributed by atoms with Gasteiger partial charge in [0.1, 0.15) is 0 Å². The van der Waals surface area contributed by atoms with Crippen LogP contribution in [-0.4, -0.2) is 20.7 Å². The molecule has 1 N–H and O–H groups in total. The summed E-state index contributed by atoms with van der Waals surface area (Å²) < 4.78 is 24.7. The lowest BCUT2D eigenvalue weighted by atomic mass is 10.0. The molecule has 0 fully saturated rings. The van der Waals surface area contributed by atoms with E-state index < -0.39 is 15.1 Å². The average Bonchev–Trinajstić information content (AvgIpc) is 2.51. The Kier molecular flexibility index (Phi) is 3.42. The van der Waals surface area contributed by atoms with Gasteiger partial charge in [0.05, 0.1) is 21.2 Å². The number of sulfone groups is 1. The van der Waals surface area contributed by atoms with Crippen molar-refractivity contribution < 1.29 is 8.42 Å². The Morgan fingerprint density at radius 2 is 1.88 bits per heavy atom. The Morgan fingerprint density at radius 1 is 1.29 bits per heavy atom. The third kappa shape index (κ3) is 1.78. The smallest absolute Gasteiger partial charge is 0.184 e. The lowest BCUT2D eigenvalue weighted by Gasteiger charge is -2.17. The van der Waals surface area contributed by atoms with Crippen molar-refractivity contribution in [2.75, 3.05) is 7.05 Å². The van der Waals surface area contributed by atoms with Crippen LogP contribution in [0.25, 0.3) is 0 Å². The maximum absolute atomic E-state index is 12.4. The van der Waals surface area contributed by atoms with Crippen LogP contribution in [0.2, 0.25) is 10.0 Å². The fourth-order valence-corrected chi connectivity index (χ4v) is 5.50. The Labute approximate surface area is 111 Å². The van der Waals surface area contributed by atoms with Crippen LogP contribution in [0, 0.1) is 0 Å². The number of halogens is 2. The van der Waals surface area contributed by atoms with Crippen molar-refractivity contribution in [3.8, 4) is 0 Å². The first kappa shape index (κ1) is 13.1. The summed E-state index contributed by atoms with van der Waals surface area (Å²) in [5, 5.41) is 3.22. The van der Waals surface area contributed by atoms with Gasteiger partial charge in [0, 0.05) is 10.6 Å². The van der Waals surface area contributed by atoms with Gasteiger partial charge in [0.25, 0.3) is 0 Å². The number of fused-ring (bicyclic) bond motifs is 1. The summed E-state index contributed by atoms with van der Waals surface area (Å²) in [5.74, 6) is 0. The average molecular weight is 294 g/mol. The summed E-state index contributed by atoms with van der Waals surface area (Å²) in [5.41, 5.74) is 0.605. The van der Waals surface area contributed by atoms with E-state index >= 15 is 0 Å². The molecule has 1 aromatic rings. The molecule has 0 amide bonds. The van der Waals surface area contributed by atoms with Crippen LogP contribution in [0.3, 0.4) is 0 Å². The summed E-state index contributed by atoms with van der Waals surface area (Å²) in [6.45, 7) is 1.85. The maximum atomic E-state index is 12.4. The van der Waals surface area contributed by atoms with Crippen LogP contribution in [-0.2, 0) is 9.84 Å². The van der Waals surface area contributed by atoms with Crippen molar-refractivity contribution in [1.29, 1.82) is 0 Å². The predicted molar refractivity (Wildman–Crippen MR) is 69.5 cm³/mol. The summed E-state index contributed by atoms with van der Waals surface area (Å²) in [4.78, 5) is 0.192. The van der Waals surface area contributed by atoms with E-state index in [-0.39, 0.29) is 16.0 Å². The molecule has 0 spiro atoms. The van der Waals surface area contributed by atoms with Gasteiger partial charge in [-0.3, -0.25) is 0 Å². The molecule has 17 heavy (non-hydrogen) atoms. The highest BCUT2D eigenvalue weighted by molar-refractivity contribution is 7.92. The van der Waals surface area contributed by atoms with Gasteiger partial charge >= 0.3 is 0 Å². The van der Waals surface area contributed by atoms with Gasteiger partial charge in [0.15, 0.2) is 9.84 Å². The second kappa shape index (κ2) is 4.43. The monoisotopic (exact) mass is 293 g/mol. The molecule has 1 heterocycles. The normalized spacial score (nSPS) is 25.9. The quantitative estimate of drug-likeness (QED) is 0.912. The minimum Gasteiger partial charge on any atom is -0.312 e. The van der Waals surface area contributed by atoms with Crippen molar-refractivity contribution in [1.82, 2.24) is 5.32 Å². The van der Waals surface area contributed by atoms with Gasteiger partial charge in [0.2, 0.25) is 0 Å². The number of hydrogen-bond acceptors (Lipinski definition) is 3. The van der Waals surface area contributed by atoms with Crippen LogP contribution < -0.4 is 5.32 Å². The lowest BCUT2D eigenvalue weighted by molar-refractivity contribution is 0.528. The molecule has 1 aliphatic rings. The van der Waals surface area contributed by atoms with Crippen molar-refractivity contribution in [2.45, 2.75) is 29.5 Å². The van der Waals surface area contributed by atoms with Crippen molar-refractivity contribution >= 4 is 33.0 Å². The fraction of sp³-hybridized carbons (Fsp3) is 0.455. The molecule has 6 heteroatoms. The van der Waals surface area contributed by atoms with E-state index in [4.69, 9.17) is 23.2 Å². The SMILES string of the molecule is CCC1C(NC)c2c(Cl)ccc(Cl)c2S1(=O)=O. The van der Waals surface area contributed by atoms with Gasteiger partial charge in [-0.05, 0) is 25.6 Å². The zero-order valence-corrected chi connectivity index (χ0v) is 11.8. The van der Waals surface area contributed by atoms with Gasteiger partial charge in [-0.1, -0.05) is 30.1 Å². The first-order valence-electron chi connectivity index (χ1n) is 5.34. The van der Waals surface area contributed by atoms with Crippen LogP contribution in [0.1, 0.15) is 24.9 Å². The summed E-state index contributed by atoms with van der Waals surface area (Å²) in [7, 11) is -1.66. The summed E-state index contributed by atoms with van der Waals surface area (Å²) >= 11 is 12.1. The van der Waals surface area contributed by atoms with Crippen molar-refractivity contribution in [3.63, 3.8) is 0 Å². The topological polar surface area (TPSA) is 46.2 Å². The van der Waals surface area contributed by atoms with Crippen LogP contribution in [0.15, 0.2) is 17.0 Å². The second-order valence-electron chi connectivity index (χ2n) is 4.03. The van der Waals surface area contributed by atoms with Crippen LogP contribution in [0.4, 0.5) is 0 Å². The Bertz CT molecular complexity index is 557. The fourth-order valence-electron chi connectivity index (χ4n) is 2.43. The molecule has 2 atom stereocenters. The van der Waals surface area contributed by atoms with Crippen molar-refractivity contribution in [3.05, 3.63) is 27.7 Å². The number of nitrogens with one attached hydrogen (secondary N) is 1. The molecular formula is C11H13Cl2NO2S. The molecule has 0 aliphatic carbocycles. The standard InChI is InChI=1S/C11H13Cl2NO2S/c1-3-8-10(14-2)9-6(12)4-5-7(13)11(9)17(8,15)16/h4-5,8,10,14H,3H2,1-2H3. The minimum atomic E-state index is -3.39. The molecule has 1 aliphatic heterocycles. The minimum absolute atomic E-state index is 0.192. The van der Waals surface area contributed by atoms with E-state index in [1.54, 1.807) is 13.1 Å². The van der Waals surface area contributed by atoms with E-state index in [2.05, 4.69) is 5.32 Å². The molecular weight excluding hydrogens is 281 g/mol. The molecule has 0 bridgehead atoms. The van der Waals surface area contributed by atoms with E-state index in [9.17, 15) is 8.42 Å². The molecule has 0 saturated heterocycles. The molecule has 94 valence electrons. The Balaban J connectivity index is 2.80. The van der Waals surface area contributed by atoms with Crippen LogP contribution >= 0.6 is 23.2 Å². The molecule has 2 unspecified atom stereocenters. The van der Waals surface area contributed by atoms with E-state index in [0.717, 1.165) is 0 Å². The molecule has 1 aromatic carbocycles. The zero-order valence-electron chi connectivity index (χ0n) is 9.50. The first-order valence-corrected chi connectivity index (χ1v) is 7.64. The molecule has 0 saturated carbocycles. The molecule has 3 nitrogen and oxygen atoms in total. The van der Waals surface area contributed by atoms with Crippen LogP contribution in [0.5, 0.6) is 0 Å². The molecule has 0 aromatic heterocycles. The third-order valence-electron chi connectivity index (χ3n) is 3.17. The van der Waals surface area contributed by atoms with Gasteiger partial charge in [-0.2, -0.15) is 0 Å². The zero-order chi connectivity index (χ0) is 12.8. The van der Waals surface area contributed by atoms with E-state index in [1.165, 1.54) is 6.07 Å². The third-order valence-corrected chi connectivity index (χ3v) is 6.34. The second-order valence-corrected chi connectivity index (χ2v) is 6.95. The molecule has 0 radical (unpaired) electrons.